The molecule has 5 rings (SSSR count). The predicted octanol–water partition coefficient (Wildman–Crippen LogP) is 8.53. The number of hydrogen-bond acceptors (Lipinski definition) is 5. The molecule has 6 nitrogen and oxygen atoms in total. The van der Waals surface area contributed by atoms with Crippen LogP contribution in [0.4, 0.5) is 15.8 Å². The van der Waals surface area contributed by atoms with Gasteiger partial charge in [0.25, 0.3) is 11.8 Å². The van der Waals surface area contributed by atoms with Crippen LogP contribution in [0.15, 0.2) is 136 Å². The van der Waals surface area contributed by atoms with Crippen molar-refractivity contribution in [2.45, 2.75) is 10.1 Å². The Kier molecular flexibility index (Phi) is 10.4. The number of hydrogen-bond donors (Lipinski definition) is 3. The SMILES string of the molecule is O=C(Nc1ccc(SC(C(=O)Nc2ccc(Br)cc2F)c2ccccc2)cc1)/C(=C/c1cccs1)NC(=O)c1ccccc1. The smallest absolute Gasteiger partial charge is 0.272 e. The molecule has 1 heterocycles. The van der Waals surface area contributed by atoms with Gasteiger partial charge in [-0.1, -0.05) is 70.5 Å². The number of halogens is 2. The standard InChI is InChI=1S/C34H25BrFN3O3S2/c35-24-13-18-29(28(36)20-24)38-34(42)31(22-8-3-1-4-9-22)44-26-16-14-25(15-17-26)37-33(41)30(21-27-12-7-19-43-27)39-32(40)23-10-5-2-6-11-23/h1-21,31H,(H,37,41)(H,38,42)(H,39,40)/b30-21-. The van der Waals surface area contributed by atoms with Gasteiger partial charge in [0.05, 0.1) is 5.69 Å². The van der Waals surface area contributed by atoms with Gasteiger partial charge in [-0.3, -0.25) is 14.4 Å². The minimum absolute atomic E-state index is 0.0866. The van der Waals surface area contributed by atoms with Gasteiger partial charge in [0.2, 0.25) is 5.91 Å². The fourth-order valence-corrected chi connectivity index (χ4v) is 6.11. The quantitative estimate of drug-likeness (QED) is 0.102. The van der Waals surface area contributed by atoms with Gasteiger partial charge in [-0.25, -0.2) is 4.39 Å². The van der Waals surface area contributed by atoms with Crippen LogP contribution in [0.1, 0.15) is 26.0 Å². The van der Waals surface area contributed by atoms with Crippen LogP contribution < -0.4 is 16.0 Å². The molecule has 0 bridgehead atoms. The second-order valence-electron chi connectivity index (χ2n) is 9.39. The number of benzene rings is 4. The van der Waals surface area contributed by atoms with Gasteiger partial charge in [-0.2, -0.15) is 0 Å². The monoisotopic (exact) mass is 685 g/mol. The topological polar surface area (TPSA) is 87.3 Å². The lowest BCUT2D eigenvalue weighted by atomic mass is 10.1. The minimum atomic E-state index is -0.673. The molecule has 3 N–H and O–H groups in total. The van der Waals surface area contributed by atoms with Crippen LogP contribution in [-0.4, -0.2) is 17.7 Å². The Morgan fingerprint density at radius 2 is 1.52 bits per heavy atom. The number of nitrogens with one attached hydrogen (secondary N) is 3. The summed E-state index contributed by atoms with van der Waals surface area (Å²) in [6.07, 6.45) is 1.63. The maximum atomic E-state index is 14.5. The summed E-state index contributed by atoms with van der Waals surface area (Å²) >= 11 is 5.97. The van der Waals surface area contributed by atoms with Gasteiger partial charge < -0.3 is 16.0 Å². The first-order valence-corrected chi connectivity index (χ1v) is 15.9. The zero-order valence-corrected chi connectivity index (χ0v) is 26.2. The van der Waals surface area contributed by atoms with Gasteiger partial charge in [0.1, 0.15) is 16.8 Å². The lowest BCUT2D eigenvalue weighted by molar-refractivity contribution is -0.116. The van der Waals surface area contributed by atoms with Crippen LogP contribution in [0.5, 0.6) is 0 Å². The highest BCUT2D eigenvalue weighted by Gasteiger charge is 2.23. The van der Waals surface area contributed by atoms with Crippen molar-refractivity contribution in [3.8, 4) is 0 Å². The maximum Gasteiger partial charge on any atom is 0.272 e. The first-order chi connectivity index (χ1) is 21.4. The van der Waals surface area contributed by atoms with Crippen LogP contribution in [0.25, 0.3) is 6.08 Å². The van der Waals surface area contributed by atoms with E-state index in [0.717, 1.165) is 15.3 Å². The minimum Gasteiger partial charge on any atom is -0.322 e. The van der Waals surface area contributed by atoms with E-state index in [9.17, 15) is 18.8 Å². The first-order valence-electron chi connectivity index (χ1n) is 13.4. The van der Waals surface area contributed by atoms with Crippen LogP contribution >= 0.6 is 39.0 Å². The molecule has 0 radical (unpaired) electrons. The summed E-state index contributed by atoms with van der Waals surface area (Å²) in [5.74, 6) is -1.81. The van der Waals surface area contributed by atoms with E-state index in [4.69, 9.17) is 0 Å². The highest BCUT2D eigenvalue weighted by atomic mass is 79.9. The summed E-state index contributed by atoms with van der Waals surface area (Å²) < 4.78 is 15.0. The molecular formula is C34H25BrFN3O3S2. The fraction of sp³-hybridized carbons (Fsp3) is 0.0294. The van der Waals surface area contributed by atoms with E-state index in [-0.39, 0.29) is 17.3 Å². The number of anilines is 2. The van der Waals surface area contributed by atoms with Crippen LogP contribution in [0.2, 0.25) is 0 Å². The Balaban J connectivity index is 1.31. The molecule has 0 fully saturated rings. The normalized spacial score (nSPS) is 11.8. The molecular weight excluding hydrogens is 661 g/mol. The number of carbonyl (C=O) groups is 3. The molecule has 0 aliphatic carbocycles. The number of amides is 3. The van der Waals surface area contributed by atoms with E-state index in [2.05, 4.69) is 31.9 Å². The van der Waals surface area contributed by atoms with Gasteiger partial charge >= 0.3 is 0 Å². The van der Waals surface area contributed by atoms with Crippen molar-refractivity contribution in [1.29, 1.82) is 0 Å². The molecule has 1 aromatic heterocycles. The third kappa shape index (κ3) is 8.31. The van der Waals surface area contributed by atoms with Crippen molar-refractivity contribution in [2.75, 3.05) is 10.6 Å². The largest absolute Gasteiger partial charge is 0.322 e. The average molecular weight is 687 g/mol. The number of thioether (sulfide) groups is 1. The van der Waals surface area contributed by atoms with Gasteiger partial charge in [-0.15, -0.1) is 23.1 Å². The molecule has 0 aliphatic heterocycles. The lowest BCUT2D eigenvalue weighted by Crippen LogP contribution is -2.30. The van der Waals surface area contributed by atoms with E-state index in [1.165, 1.54) is 35.2 Å². The Morgan fingerprint density at radius 3 is 2.18 bits per heavy atom. The van der Waals surface area contributed by atoms with Crippen molar-refractivity contribution in [3.05, 3.63) is 153 Å². The third-order valence-electron chi connectivity index (χ3n) is 6.25. The summed E-state index contributed by atoms with van der Waals surface area (Å²) in [4.78, 5) is 41.0. The number of thiophene rings is 1. The van der Waals surface area contributed by atoms with Crippen LogP contribution in [0, 0.1) is 5.82 Å². The van der Waals surface area contributed by atoms with E-state index in [1.807, 2.05) is 53.9 Å². The van der Waals surface area contributed by atoms with Crippen molar-refractivity contribution in [1.82, 2.24) is 5.32 Å². The molecule has 1 atom stereocenters. The predicted molar refractivity (Wildman–Crippen MR) is 179 cm³/mol. The summed E-state index contributed by atoms with van der Waals surface area (Å²) in [6.45, 7) is 0. The van der Waals surface area contributed by atoms with Crippen LogP contribution in [0.3, 0.4) is 0 Å². The molecule has 0 aliphatic rings. The van der Waals surface area contributed by atoms with Gasteiger partial charge in [-0.05, 0) is 77.7 Å². The molecule has 220 valence electrons. The summed E-state index contributed by atoms with van der Waals surface area (Å²) in [5, 5.41) is 9.47. The van der Waals surface area contributed by atoms with Crippen molar-refractivity contribution in [3.63, 3.8) is 0 Å². The molecule has 3 amide bonds. The Bertz CT molecular complexity index is 1780. The maximum absolute atomic E-state index is 14.5. The van der Waals surface area contributed by atoms with Crippen LogP contribution in [-0.2, 0) is 9.59 Å². The lowest BCUT2D eigenvalue weighted by Gasteiger charge is -2.18. The molecule has 4 aromatic carbocycles. The average Bonchev–Trinajstić information content (AvgIpc) is 3.55. The van der Waals surface area contributed by atoms with E-state index in [0.29, 0.717) is 15.7 Å². The van der Waals surface area contributed by atoms with Crippen molar-refractivity contribution in [2.24, 2.45) is 0 Å². The highest BCUT2D eigenvalue weighted by Crippen LogP contribution is 2.37. The second-order valence-corrected chi connectivity index (χ2v) is 12.5. The van der Waals surface area contributed by atoms with Crippen molar-refractivity contribution >= 4 is 74.2 Å². The number of rotatable bonds is 10. The van der Waals surface area contributed by atoms with E-state index in [1.54, 1.807) is 60.7 Å². The van der Waals surface area contributed by atoms with E-state index < -0.39 is 22.9 Å². The van der Waals surface area contributed by atoms with Crippen molar-refractivity contribution < 1.29 is 18.8 Å². The summed E-state index contributed by atoms with van der Waals surface area (Å²) in [5.41, 5.74) is 1.87. The molecule has 0 saturated heterocycles. The fourth-order valence-electron chi connectivity index (χ4n) is 4.10. The molecule has 5 aromatic rings. The second kappa shape index (κ2) is 14.8. The van der Waals surface area contributed by atoms with Gasteiger partial charge in [0.15, 0.2) is 0 Å². The summed E-state index contributed by atoms with van der Waals surface area (Å²) in [6, 6.07) is 33.1. The molecule has 0 saturated carbocycles. The molecule has 0 spiro atoms. The molecule has 44 heavy (non-hydrogen) atoms. The zero-order valence-electron chi connectivity index (χ0n) is 23.0. The summed E-state index contributed by atoms with van der Waals surface area (Å²) in [7, 11) is 0. The van der Waals surface area contributed by atoms with Gasteiger partial charge in [0, 0.05) is 25.5 Å². The zero-order chi connectivity index (χ0) is 30.9. The highest BCUT2D eigenvalue weighted by molar-refractivity contribution is 9.10. The Morgan fingerprint density at radius 1 is 0.818 bits per heavy atom. The molecule has 1 unspecified atom stereocenters. The Labute approximate surface area is 270 Å². The molecule has 10 heteroatoms. The Hall–Kier alpha value is -4.51. The first kappa shape index (κ1) is 30.9. The third-order valence-corrected chi connectivity index (χ3v) is 8.83. The number of carbonyl (C=O) groups excluding carboxylic acids is 3. The van der Waals surface area contributed by atoms with E-state index >= 15 is 0 Å².